The van der Waals surface area contributed by atoms with Crippen molar-refractivity contribution in [3.63, 3.8) is 0 Å². The van der Waals surface area contributed by atoms with E-state index in [1.807, 2.05) is 6.92 Å². The number of nitrogens with two attached hydrogens (primary N) is 1. The molecule has 0 bridgehead atoms. The van der Waals surface area contributed by atoms with Crippen LogP contribution in [0.4, 0.5) is 0 Å². The van der Waals surface area contributed by atoms with Crippen LogP contribution >= 0.6 is 0 Å². The van der Waals surface area contributed by atoms with Gasteiger partial charge in [-0.1, -0.05) is 25.4 Å². The lowest BCUT2D eigenvalue weighted by Crippen LogP contribution is -2.48. The molecule has 0 aliphatic rings. The highest BCUT2D eigenvalue weighted by Gasteiger charge is 2.33. The maximum absolute atomic E-state index is 12.0. The predicted molar refractivity (Wildman–Crippen MR) is 68.9 cm³/mol. The van der Waals surface area contributed by atoms with Gasteiger partial charge in [0.1, 0.15) is 5.41 Å². The van der Waals surface area contributed by atoms with Gasteiger partial charge >= 0.3 is 0 Å². The number of hydrogen-bond acceptors (Lipinski definition) is 3. The van der Waals surface area contributed by atoms with E-state index in [0.717, 1.165) is 12.8 Å². The van der Waals surface area contributed by atoms with E-state index in [0.29, 0.717) is 5.92 Å². The van der Waals surface area contributed by atoms with E-state index < -0.39 is 5.41 Å². The van der Waals surface area contributed by atoms with E-state index in [1.165, 1.54) is 0 Å². The van der Waals surface area contributed by atoms with Crippen molar-refractivity contribution >= 4 is 11.7 Å². The van der Waals surface area contributed by atoms with Crippen LogP contribution in [0.25, 0.3) is 0 Å². The first kappa shape index (κ1) is 15.7. The lowest BCUT2D eigenvalue weighted by molar-refractivity contribution is -0.127. The highest BCUT2D eigenvalue weighted by atomic mass is 16.4. The van der Waals surface area contributed by atoms with Gasteiger partial charge in [0.2, 0.25) is 5.91 Å². The van der Waals surface area contributed by atoms with Crippen molar-refractivity contribution in [2.75, 3.05) is 0 Å². The second-order valence-corrected chi connectivity index (χ2v) is 5.23. The molecular weight excluding hydrogens is 218 g/mol. The smallest absolute Gasteiger partial charge is 0.233 e. The number of rotatable bonds is 6. The van der Waals surface area contributed by atoms with E-state index in [4.69, 9.17) is 10.9 Å². The number of nitrogens with zero attached hydrogens (tertiary/aromatic N) is 1. The van der Waals surface area contributed by atoms with Crippen molar-refractivity contribution in [3.8, 4) is 0 Å². The van der Waals surface area contributed by atoms with Crippen LogP contribution in [0.5, 0.6) is 0 Å². The Morgan fingerprint density at radius 2 is 2.00 bits per heavy atom. The number of amides is 1. The second kappa shape index (κ2) is 6.47. The molecule has 0 spiro atoms. The minimum absolute atomic E-state index is 0.0780. The molecule has 100 valence electrons. The van der Waals surface area contributed by atoms with Gasteiger partial charge in [0.15, 0.2) is 5.84 Å². The zero-order valence-electron chi connectivity index (χ0n) is 11.4. The number of oxime groups is 1. The normalized spacial score (nSPS) is 16.4. The molecule has 0 aliphatic carbocycles. The average molecular weight is 243 g/mol. The minimum Gasteiger partial charge on any atom is -0.409 e. The van der Waals surface area contributed by atoms with Gasteiger partial charge in [0, 0.05) is 6.04 Å². The number of carbonyl (C=O) groups is 1. The Hall–Kier alpha value is -1.26. The van der Waals surface area contributed by atoms with E-state index in [9.17, 15) is 4.79 Å². The van der Waals surface area contributed by atoms with E-state index in [2.05, 4.69) is 24.3 Å². The fraction of sp³-hybridized carbons (Fsp3) is 0.833. The van der Waals surface area contributed by atoms with Crippen LogP contribution in [-0.4, -0.2) is 23.0 Å². The summed E-state index contributed by atoms with van der Waals surface area (Å²) in [6, 6.07) is 0.0863. The van der Waals surface area contributed by atoms with Crippen LogP contribution in [0.3, 0.4) is 0 Å². The third-order valence-corrected chi connectivity index (χ3v) is 3.15. The van der Waals surface area contributed by atoms with Gasteiger partial charge in [0.25, 0.3) is 0 Å². The highest BCUT2D eigenvalue weighted by molar-refractivity contribution is 6.05. The quantitative estimate of drug-likeness (QED) is 0.287. The Morgan fingerprint density at radius 1 is 1.47 bits per heavy atom. The molecule has 2 atom stereocenters. The first-order valence-corrected chi connectivity index (χ1v) is 6.04. The summed E-state index contributed by atoms with van der Waals surface area (Å²) >= 11 is 0. The summed E-state index contributed by atoms with van der Waals surface area (Å²) in [5.41, 5.74) is 4.51. The van der Waals surface area contributed by atoms with Crippen molar-refractivity contribution in [3.05, 3.63) is 0 Å². The van der Waals surface area contributed by atoms with Gasteiger partial charge in [-0.05, 0) is 33.1 Å². The third-order valence-electron chi connectivity index (χ3n) is 3.15. The first-order chi connectivity index (χ1) is 7.75. The van der Waals surface area contributed by atoms with E-state index in [1.54, 1.807) is 13.8 Å². The molecule has 5 nitrogen and oxygen atoms in total. The summed E-state index contributed by atoms with van der Waals surface area (Å²) < 4.78 is 0. The van der Waals surface area contributed by atoms with Gasteiger partial charge in [0.05, 0.1) is 0 Å². The lowest BCUT2D eigenvalue weighted by Gasteiger charge is -2.25. The first-order valence-electron chi connectivity index (χ1n) is 6.04. The standard InChI is InChI=1S/C12H25N3O2/c1-6-8(2)7-9(3)14-11(16)12(4,5)10(13)15-17/h8-9,17H,6-7H2,1-5H3,(H2,13,15)(H,14,16). The molecule has 0 aromatic carbocycles. The number of carbonyl (C=O) groups excluding carboxylic acids is 1. The van der Waals surface area contributed by atoms with Crippen LogP contribution in [0.2, 0.25) is 0 Å². The van der Waals surface area contributed by atoms with Crippen molar-refractivity contribution in [2.45, 2.75) is 53.5 Å². The maximum atomic E-state index is 12.0. The Morgan fingerprint density at radius 3 is 2.41 bits per heavy atom. The summed E-state index contributed by atoms with van der Waals surface area (Å²) in [5, 5.41) is 14.4. The predicted octanol–water partition coefficient (Wildman–Crippen LogP) is 1.70. The largest absolute Gasteiger partial charge is 0.409 e. The molecule has 5 heteroatoms. The van der Waals surface area contributed by atoms with E-state index >= 15 is 0 Å². The molecule has 0 saturated heterocycles. The van der Waals surface area contributed by atoms with Crippen LogP contribution in [0.15, 0.2) is 5.16 Å². The molecule has 0 heterocycles. The average Bonchev–Trinajstić information content (AvgIpc) is 2.27. The SMILES string of the molecule is CCC(C)CC(C)NC(=O)C(C)(C)C(N)=NO. The van der Waals surface area contributed by atoms with Crippen LogP contribution in [0, 0.1) is 11.3 Å². The van der Waals surface area contributed by atoms with Gasteiger partial charge in [-0.2, -0.15) is 0 Å². The summed E-state index contributed by atoms with van der Waals surface area (Å²) in [6.45, 7) is 9.50. The van der Waals surface area contributed by atoms with Gasteiger partial charge < -0.3 is 16.3 Å². The van der Waals surface area contributed by atoms with Gasteiger partial charge in [-0.3, -0.25) is 4.79 Å². The monoisotopic (exact) mass is 243 g/mol. The highest BCUT2D eigenvalue weighted by Crippen LogP contribution is 2.17. The molecule has 0 fully saturated rings. The summed E-state index contributed by atoms with van der Waals surface area (Å²) in [5.74, 6) is 0.270. The maximum Gasteiger partial charge on any atom is 0.233 e. The molecule has 0 rings (SSSR count). The molecule has 1 amide bonds. The Labute approximate surface area is 103 Å². The second-order valence-electron chi connectivity index (χ2n) is 5.23. The molecule has 17 heavy (non-hydrogen) atoms. The van der Waals surface area contributed by atoms with Crippen molar-refractivity contribution < 1.29 is 10.0 Å². The lowest BCUT2D eigenvalue weighted by atomic mass is 9.90. The Bertz CT molecular complexity index is 287. The van der Waals surface area contributed by atoms with Crippen molar-refractivity contribution in [2.24, 2.45) is 22.2 Å². The fourth-order valence-electron chi connectivity index (χ4n) is 1.47. The van der Waals surface area contributed by atoms with Crippen molar-refractivity contribution in [1.82, 2.24) is 5.32 Å². The molecular formula is C12H25N3O2. The fourth-order valence-corrected chi connectivity index (χ4v) is 1.47. The van der Waals surface area contributed by atoms with Crippen LogP contribution in [-0.2, 0) is 4.79 Å². The third kappa shape index (κ3) is 4.63. The van der Waals surface area contributed by atoms with Crippen LogP contribution < -0.4 is 11.1 Å². The van der Waals surface area contributed by atoms with Crippen molar-refractivity contribution in [1.29, 1.82) is 0 Å². The molecule has 0 aliphatic heterocycles. The molecule has 0 radical (unpaired) electrons. The number of amidine groups is 1. The Balaban J connectivity index is 4.44. The minimum atomic E-state index is -0.988. The summed E-state index contributed by atoms with van der Waals surface area (Å²) in [4.78, 5) is 12.0. The van der Waals surface area contributed by atoms with Crippen LogP contribution in [0.1, 0.15) is 47.5 Å². The summed E-state index contributed by atoms with van der Waals surface area (Å²) in [6.07, 6.45) is 2.01. The zero-order chi connectivity index (χ0) is 13.6. The molecule has 0 aromatic rings. The van der Waals surface area contributed by atoms with Gasteiger partial charge in [-0.25, -0.2) is 0 Å². The number of nitrogens with one attached hydrogen (secondary N) is 1. The molecule has 0 aromatic heterocycles. The number of hydrogen-bond donors (Lipinski definition) is 3. The molecule has 0 saturated carbocycles. The zero-order valence-corrected chi connectivity index (χ0v) is 11.4. The molecule has 4 N–H and O–H groups in total. The summed E-state index contributed by atoms with van der Waals surface area (Å²) in [7, 11) is 0. The van der Waals surface area contributed by atoms with E-state index in [-0.39, 0.29) is 17.8 Å². The molecule has 2 unspecified atom stereocenters. The Kier molecular flexibility index (Phi) is 5.99. The van der Waals surface area contributed by atoms with Gasteiger partial charge in [-0.15, -0.1) is 0 Å². The topological polar surface area (TPSA) is 87.7 Å².